The summed E-state index contributed by atoms with van der Waals surface area (Å²) < 4.78 is 6.46. The van der Waals surface area contributed by atoms with Crippen molar-refractivity contribution in [2.24, 2.45) is 23.7 Å². The molecule has 0 aromatic heterocycles. The molecular weight excluding hydrogens is 208 g/mol. The molecule has 0 amide bonds. The highest BCUT2D eigenvalue weighted by molar-refractivity contribution is 5.14. The van der Waals surface area contributed by atoms with Crippen LogP contribution in [0, 0.1) is 23.7 Å². The third kappa shape index (κ3) is 1.69. The number of ether oxygens (including phenoxy) is 1. The fourth-order valence-electron chi connectivity index (χ4n) is 5.09. The third-order valence-corrected chi connectivity index (χ3v) is 5.87. The number of hydrogen-bond donors (Lipinski definition) is 0. The zero-order chi connectivity index (χ0) is 11.2. The van der Waals surface area contributed by atoms with E-state index in [0.29, 0.717) is 12.2 Å². The average molecular weight is 232 g/mol. The summed E-state index contributed by atoms with van der Waals surface area (Å²) in [6, 6.07) is 0. The van der Waals surface area contributed by atoms with Crippen LogP contribution >= 0.6 is 0 Å². The van der Waals surface area contributed by atoms with Crippen molar-refractivity contribution in [2.75, 3.05) is 0 Å². The van der Waals surface area contributed by atoms with Crippen molar-refractivity contribution in [1.29, 1.82) is 0 Å². The molecule has 1 heteroatoms. The van der Waals surface area contributed by atoms with Gasteiger partial charge in [-0.2, -0.15) is 0 Å². The van der Waals surface area contributed by atoms with E-state index in [1.165, 1.54) is 51.4 Å². The van der Waals surface area contributed by atoms with E-state index in [9.17, 15) is 0 Å². The highest BCUT2D eigenvalue weighted by Crippen LogP contribution is 2.57. The van der Waals surface area contributed by atoms with Gasteiger partial charge < -0.3 is 4.74 Å². The molecule has 1 nitrogen and oxygen atoms in total. The molecule has 0 aliphatic heterocycles. The van der Waals surface area contributed by atoms with E-state index in [1.807, 2.05) is 0 Å². The van der Waals surface area contributed by atoms with Gasteiger partial charge in [-0.15, -0.1) is 0 Å². The first-order valence-corrected chi connectivity index (χ1v) is 7.74. The zero-order valence-electron chi connectivity index (χ0n) is 10.7. The first-order chi connectivity index (χ1) is 8.42. The van der Waals surface area contributed by atoms with Crippen LogP contribution in [0.4, 0.5) is 0 Å². The van der Waals surface area contributed by atoms with Crippen molar-refractivity contribution in [1.82, 2.24) is 0 Å². The number of rotatable bonds is 2. The van der Waals surface area contributed by atoms with Crippen molar-refractivity contribution in [3.8, 4) is 0 Å². The Morgan fingerprint density at radius 3 is 2.71 bits per heavy atom. The third-order valence-electron chi connectivity index (χ3n) is 5.87. The molecule has 0 saturated heterocycles. The second-order valence-corrected chi connectivity index (χ2v) is 6.73. The van der Waals surface area contributed by atoms with Crippen LogP contribution in [-0.2, 0) is 4.74 Å². The molecule has 0 aromatic rings. The zero-order valence-corrected chi connectivity index (χ0v) is 10.7. The topological polar surface area (TPSA) is 9.23 Å². The lowest BCUT2D eigenvalue weighted by atomic mass is 9.80. The second kappa shape index (κ2) is 4.12. The fourth-order valence-corrected chi connectivity index (χ4v) is 5.09. The Bertz CT molecular complexity index is 315. The van der Waals surface area contributed by atoms with E-state index in [2.05, 4.69) is 12.2 Å². The van der Waals surface area contributed by atoms with Gasteiger partial charge in [0.15, 0.2) is 0 Å². The summed E-state index contributed by atoms with van der Waals surface area (Å²) in [5.41, 5.74) is 0. The monoisotopic (exact) mass is 232 g/mol. The van der Waals surface area contributed by atoms with Gasteiger partial charge >= 0.3 is 0 Å². The molecule has 0 aromatic carbocycles. The lowest BCUT2D eigenvalue weighted by molar-refractivity contribution is -0.0663. The molecular formula is C16H24O. The molecule has 17 heavy (non-hydrogen) atoms. The molecule has 3 saturated carbocycles. The quantitative estimate of drug-likeness (QED) is 0.655. The summed E-state index contributed by atoms with van der Waals surface area (Å²) in [7, 11) is 0. The van der Waals surface area contributed by atoms with Crippen molar-refractivity contribution in [2.45, 2.75) is 63.6 Å². The molecule has 0 heterocycles. The van der Waals surface area contributed by atoms with Gasteiger partial charge in [-0.25, -0.2) is 0 Å². The van der Waals surface area contributed by atoms with Gasteiger partial charge in [0.25, 0.3) is 0 Å². The summed E-state index contributed by atoms with van der Waals surface area (Å²) in [5.74, 6) is 3.77. The molecule has 94 valence electrons. The maximum Gasteiger partial charge on any atom is 0.0615 e. The van der Waals surface area contributed by atoms with Gasteiger partial charge in [0, 0.05) is 0 Å². The van der Waals surface area contributed by atoms with Crippen LogP contribution in [0.25, 0.3) is 0 Å². The number of fused-ring (bicyclic) bond motifs is 5. The smallest absolute Gasteiger partial charge is 0.0615 e. The maximum absolute atomic E-state index is 6.46. The van der Waals surface area contributed by atoms with E-state index in [4.69, 9.17) is 4.74 Å². The van der Waals surface area contributed by atoms with Crippen molar-refractivity contribution < 1.29 is 4.74 Å². The molecule has 0 N–H and O–H groups in total. The van der Waals surface area contributed by atoms with Gasteiger partial charge in [-0.1, -0.05) is 31.4 Å². The van der Waals surface area contributed by atoms with Crippen LogP contribution in [-0.4, -0.2) is 12.2 Å². The molecule has 3 fully saturated rings. The lowest BCUT2D eigenvalue weighted by Gasteiger charge is -2.34. The first-order valence-electron chi connectivity index (χ1n) is 7.74. The first kappa shape index (κ1) is 10.6. The lowest BCUT2D eigenvalue weighted by Crippen LogP contribution is -2.34. The fraction of sp³-hybridized carbons (Fsp3) is 0.875. The van der Waals surface area contributed by atoms with Crippen LogP contribution in [0.5, 0.6) is 0 Å². The second-order valence-electron chi connectivity index (χ2n) is 6.73. The van der Waals surface area contributed by atoms with Crippen LogP contribution < -0.4 is 0 Å². The van der Waals surface area contributed by atoms with Gasteiger partial charge in [0.2, 0.25) is 0 Å². The average Bonchev–Trinajstić information content (AvgIpc) is 3.01. The molecule has 4 aliphatic rings. The Hall–Kier alpha value is -0.300. The summed E-state index contributed by atoms with van der Waals surface area (Å²) in [5, 5.41) is 0. The Kier molecular flexibility index (Phi) is 2.57. The molecule has 0 spiro atoms. The van der Waals surface area contributed by atoms with Gasteiger partial charge in [0.05, 0.1) is 12.2 Å². The normalized spacial score (nSPS) is 48.8. The van der Waals surface area contributed by atoms with Crippen LogP contribution in [0.3, 0.4) is 0 Å². The molecule has 5 atom stereocenters. The predicted octanol–water partition coefficient (Wildman–Crippen LogP) is 3.94. The summed E-state index contributed by atoms with van der Waals surface area (Å²) >= 11 is 0. The standard InChI is InChI=1S/C16H24O/c1-2-5-12(6-3-1)17-16-10-11-9-15(16)14-8-4-7-13(11)14/h4,8,11-16H,1-3,5-7,9-10H2. The van der Waals surface area contributed by atoms with Gasteiger partial charge in [-0.3, -0.25) is 0 Å². The number of hydrogen-bond acceptors (Lipinski definition) is 1. The predicted molar refractivity (Wildman–Crippen MR) is 68.7 cm³/mol. The van der Waals surface area contributed by atoms with Crippen LogP contribution in [0.15, 0.2) is 12.2 Å². The largest absolute Gasteiger partial charge is 0.375 e. The van der Waals surface area contributed by atoms with Crippen molar-refractivity contribution in [3.05, 3.63) is 12.2 Å². The van der Waals surface area contributed by atoms with E-state index < -0.39 is 0 Å². The van der Waals surface area contributed by atoms with E-state index in [1.54, 1.807) is 0 Å². The molecule has 5 unspecified atom stereocenters. The molecule has 4 aliphatic carbocycles. The minimum absolute atomic E-state index is 0.608. The highest BCUT2D eigenvalue weighted by atomic mass is 16.5. The van der Waals surface area contributed by atoms with E-state index in [-0.39, 0.29) is 0 Å². The SMILES string of the molecule is C1=CC2C(C1)C1CC(OC3CCCCC3)C2C1. The summed E-state index contributed by atoms with van der Waals surface area (Å²) in [6.07, 6.45) is 17.3. The summed E-state index contributed by atoms with van der Waals surface area (Å²) in [4.78, 5) is 0. The highest BCUT2D eigenvalue weighted by Gasteiger charge is 2.53. The Morgan fingerprint density at radius 2 is 1.82 bits per heavy atom. The molecule has 4 rings (SSSR count). The molecule has 2 bridgehead atoms. The van der Waals surface area contributed by atoms with Crippen LogP contribution in [0.2, 0.25) is 0 Å². The van der Waals surface area contributed by atoms with Crippen molar-refractivity contribution >= 4 is 0 Å². The maximum atomic E-state index is 6.46. The minimum Gasteiger partial charge on any atom is -0.375 e. The number of allylic oxidation sites excluding steroid dienone is 2. The minimum atomic E-state index is 0.608. The van der Waals surface area contributed by atoms with Crippen molar-refractivity contribution in [3.63, 3.8) is 0 Å². The Morgan fingerprint density at radius 1 is 0.941 bits per heavy atom. The Labute approximate surface area is 105 Å². The van der Waals surface area contributed by atoms with Gasteiger partial charge in [0.1, 0.15) is 0 Å². The van der Waals surface area contributed by atoms with Crippen LogP contribution in [0.1, 0.15) is 51.4 Å². The molecule has 0 radical (unpaired) electrons. The Balaban J connectivity index is 1.41. The summed E-state index contributed by atoms with van der Waals surface area (Å²) in [6.45, 7) is 0. The van der Waals surface area contributed by atoms with E-state index in [0.717, 1.165) is 23.7 Å². The van der Waals surface area contributed by atoms with E-state index >= 15 is 0 Å². The van der Waals surface area contributed by atoms with Gasteiger partial charge in [-0.05, 0) is 55.8 Å².